The van der Waals surface area contributed by atoms with Gasteiger partial charge in [0.1, 0.15) is 17.9 Å². The average molecular weight is 300 g/mol. The molecule has 0 spiro atoms. The maximum absolute atomic E-state index is 12.4. The highest BCUT2D eigenvalue weighted by atomic mass is 16.5. The number of nitrogens with one attached hydrogen (secondary N) is 2. The standard InChI is InChI=1S/C15H12N2O5/c1-7-2-3-11-9(4-7)12(18)8(6-22-11)5-10-13(19)16-15(21)17-14(10)20/h2-5H,6H2,1H3,(H3,16,17,19,20,21). The van der Waals surface area contributed by atoms with Gasteiger partial charge in [0.25, 0.3) is 5.56 Å². The van der Waals surface area contributed by atoms with Crippen LogP contribution in [0.2, 0.25) is 0 Å². The molecule has 0 amide bonds. The van der Waals surface area contributed by atoms with E-state index in [1.54, 1.807) is 12.1 Å². The summed E-state index contributed by atoms with van der Waals surface area (Å²) in [4.78, 5) is 39.2. The zero-order chi connectivity index (χ0) is 15.9. The topological polar surface area (TPSA) is 112 Å². The number of hydrogen-bond acceptors (Lipinski definition) is 5. The highest BCUT2D eigenvalue weighted by Gasteiger charge is 2.24. The van der Waals surface area contributed by atoms with E-state index in [1.807, 2.05) is 18.0 Å². The number of ketones is 1. The minimum atomic E-state index is -0.822. The maximum Gasteiger partial charge on any atom is 0.328 e. The molecule has 2 aromatic rings. The summed E-state index contributed by atoms with van der Waals surface area (Å²) in [5, 5.41) is 9.66. The van der Waals surface area contributed by atoms with Crippen molar-refractivity contribution in [1.29, 1.82) is 0 Å². The molecule has 22 heavy (non-hydrogen) atoms. The Morgan fingerprint density at radius 1 is 1.23 bits per heavy atom. The lowest BCUT2D eigenvalue weighted by Gasteiger charge is -2.19. The van der Waals surface area contributed by atoms with Crippen molar-refractivity contribution >= 4 is 11.9 Å². The molecule has 0 saturated carbocycles. The molecule has 1 aliphatic heterocycles. The summed E-state index contributed by atoms with van der Waals surface area (Å²) in [6.45, 7) is 1.83. The van der Waals surface area contributed by atoms with Crippen molar-refractivity contribution in [3.05, 3.63) is 61.3 Å². The molecule has 0 unspecified atom stereocenters. The lowest BCUT2D eigenvalue weighted by Crippen LogP contribution is -2.25. The number of aryl methyl sites for hydroxylation is 1. The smallest absolute Gasteiger partial charge is 0.328 e. The first-order chi connectivity index (χ1) is 10.5. The molecule has 7 heteroatoms. The Bertz CT molecular complexity index is 920. The van der Waals surface area contributed by atoms with Gasteiger partial charge in [-0.2, -0.15) is 0 Å². The highest BCUT2D eigenvalue weighted by Crippen LogP contribution is 2.28. The first kappa shape index (κ1) is 13.9. The van der Waals surface area contributed by atoms with E-state index < -0.39 is 17.1 Å². The number of hydrogen-bond donors (Lipinski definition) is 3. The molecule has 1 aromatic carbocycles. The summed E-state index contributed by atoms with van der Waals surface area (Å²) in [5.41, 5.74) is -0.276. The van der Waals surface area contributed by atoms with Crippen LogP contribution >= 0.6 is 0 Å². The second-order valence-electron chi connectivity index (χ2n) is 4.96. The van der Waals surface area contributed by atoms with Crippen molar-refractivity contribution < 1.29 is 14.6 Å². The Balaban J connectivity index is 2.09. The van der Waals surface area contributed by atoms with E-state index in [0.717, 1.165) is 5.56 Å². The van der Waals surface area contributed by atoms with E-state index in [0.29, 0.717) is 11.3 Å². The van der Waals surface area contributed by atoms with Crippen LogP contribution in [0, 0.1) is 6.92 Å². The van der Waals surface area contributed by atoms with E-state index in [2.05, 4.69) is 4.98 Å². The zero-order valence-corrected chi connectivity index (χ0v) is 11.6. The van der Waals surface area contributed by atoms with Crippen molar-refractivity contribution in [1.82, 2.24) is 9.97 Å². The number of Topliss-reactive ketones (excluding diaryl/α,β-unsaturated/α-hetero) is 1. The Morgan fingerprint density at radius 3 is 2.73 bits per heavy atom. The molecular weight excluding hydrogens is 288 g/mol. The van der Waals surface area contributed by atoms with Gasteiger partial charge in [-0.05, 0) is 25.1 Å². The van der Waals surface area contributed by atoms with Gasteiger partial charge in [-0.25, -0.2) is 4.79 Å². The van der Waals surface area contributed by atoms with Crippen LogP contribution in [-0.4, -0.2) is 27.5 Å². The Morgan fingerprint density at radius 2 is 2.00 bits per heavy atom. The van der Waals surface area contributed by atoms with Crippen LogP contribution in [-0.2, 0) is 0 Å². The lowest BCUT2D eigenvalue weighted by molar-refractivity contribution is 0.100. The van der Waals surface area contributed by atoms with Crippen molar-refractivity contribution in [3.63, 3.8) is 0 Å². The van der Waals surface area contributed by atoms with E-state index in [1.165, 1.54) is 6.08 Å². The third kappa shape index (κ3) is 2.32. The van der Waals surface area contributed by atoms with E-state index >= 15 is 0 Å². The second kappa shape index (κ2) is 5.03. The lowest BCUT2D eigenvalue weighted by atomic mass is 9.97. The summed E-state index contributed by atoms with van der Waals surface area (Å²) in [5.74, 6) is -0.397. The molecule has 0 atom stereocenters. The third-order valence-corrected chi connectivity index (χ3v) is 3.33. The SMILES string of the molecule is Cc1ccc2c(c1)C(=O)C(=Cc1c(O)[nH]c(=O)[nH]c1=O)CO2. The molecule has 1 aliphatic rings. The van der Waals surface area contributed by atoms with Gasteiger partial charge in [0.15, 0.2) is 5.78 Å². The molecule has 2 heterocycles. The molecule has 3 N–H and O–H groups in total. The van der Waals surface area contributed by atoms with Crippen molar-refractivity contribution in [2.24, 2.45) is 0 Å². The van der Waals surface area contributed by atoms with Crippen LogP contribution in [0.15, 0.2) is 33.4 Å². The van der Waals surface area contributed by atoms with Gasteiger partial charge in [-0.3, -0.25) is 19.6 Å². The quantitative estimate of drug-likeness (QED) is 0.672. The van der Waals surface area contributed by atoms with Gasteiger partial charge in [0, 0.05) is 5.57 Å². The van der Waals surface area contributed by atoms with E-state index in [9.17, 15) is 19.5 Å². The summed E-state index contributed by atoms with van der Waals surface area (Å²) in [7, 11) is 0. The fourth-order valence-electron chi connectivity index (χ4n) is 2.24. The van der Waals surface area contributed by atoms with Crippen LogP contribution in [0.3, 0.4) is 0 Å². The van der Waals surface area contributed by atoms with Gasteiger partial charge in [-0.15, -0.1) is 0 Å². The predicted octanol–water partition coefficient (Wildman–Crippen LogP) is 0.736. The molecule has 0 saturated heterocycles. The predicted molar refractivity (Wildman–Crippen MR) is 78.3 cm³/mol. The van der Waals surface area contributed by atoms with Crippen LogP contribution in [0.4, 0.5) is 0 Å². The molecule has 112 valence electrons. The molecule has 0 bridgehead atoms. The number of H-pyrrole nitrogens is 2. The van der Waals surface area contributed by atoms with Crippen LogP contribution < -0.4 is 16.0 Å². The molecule has 0 fully saturated rings. The third-order valence-electron chi connectivity index (χ3n) is 3.33. The van der Waals surface area contributed by atoms with Crippen LogP contribution in [0.25, 0.3) is 6.08 Å². The largest absolute Gasteiger partial charge is 0.494 e. The fourth-order valence-corrected chi connectivity index (χ4v) is 2.24. The van der Waals surface area contributed by atoms with Crippen molar-refractivity contribution in [2.75, 3.05) is 6.61 Å². The number of aromatic hydroxyl groups is 1. The summed E-state index contributed by atoms with van der Waals surface area (Å²) in [6.07, 6.45) is 1.22. The summed E-state index contributed by atoms with van der Waals surface area (Å²) in [6, 6.07) is 5.24. The van der Waals surface area contributed by atoms with Gasteiger partial charge < -0.3 is 9.84 Å². The van der Waals surface area contributed by atoms with Crippen molar-refractivity contribution in [2.45, 2.75) is 6.92 Å². The molecular formula is C15H12N2O5. The molecule has 7 nitrogen and oxygen atoms in total. The molecule has 0 radical (unpaired) electrons. The highest BCUT2D eigenvalue weighted by molar-refractivity contribution is 6.14. The van der Waals surface area contributed by atoms with Gasteiger partial charge in [0.2, 0.25) is 5.88 Å². The number of carbonyl (C=O) groups is 1. The first-order valence-corrected chi connectivity index (χ1v) is 6.50. The van der Waals surface area contributed by atoms with E-state index in [-0.39, 0.29) is 23.5 Å². The van der Waals surface area contributed by atoms with E-state index in [4.69, 9.17) is 4.74 Å². The van der Waals surface area contributed by atoms with Crippen LogP contribution in [0.5, 0.6) is 11.6 Å². The summed E-state index contributed by atoms with van der Waals surface area (Å²) >= 11 is 0. The maximum atomic E-state index is 12.4. The second-order valence-corrected chi connectivity index (χ2v) is 4.96. The zero-order valence-electron chi connectivity index (χ0n) is 11.6. The Hall–Kier alpha value is -3.09. The molecule has 3 rings (SSSR count). The number of rotatable bonds is 1. The van der Waals surface area contributed by atoms with Gasteiger partial charge in [-0.1, -0.05) is 11.6 Å². The minimum Gasteiger partial charge on any atom is -0.494 e. The number of fused-ring (bicyclic) bond motifs is 1. The number of benzene rings is 1. The number of ether oxygens (including phenoxy) is 1. The molecule has 0 aliphatic carbocycles. The number of aromatic amines is 2. The van der Waals surface area contributed by atoms with Crippen molar-refractivity contribution in [3.8, 4) is 11.6 Å². The Labute approximate surface area is 123 Å². The van der Waals surface area contributed by atoms with Gasteiger partial charge in [0.05, 0.1) is 5.56 Å². The monoisotopic (exact) mass is 300 g/mol. The summed E-state index contributed by atoms with van der Waals surface area (Å²) < 4.78 is 5.48. The number of carbonyl (C=O) groups excluding carboxylic acids is 1. The van der Waals surface area contributed by atoms with Gasteiger partial charge >= 0.3 is 5.69 Å². The minimum absolute atomic E-state index is 0.0209. The Kier molecular flexibility index (Phi) is 3.17. The normalized spacial score (nSPS) is 15.5. The van der Waals surface area contributed by atoms with Crippen LogP contribution in [0.1, 0.15) is 21.5 Å². The number of aromatic nitrogens is 2. The molecule has 1 aromatic heterocycles. The fraction of sp³-hybridized carbons (Fsp3) is 0.133. The first-order valence-electron chi connectivity index (χ1n) is 6.50. The average Bonchev–Trinajstić information content (AvgIpc) is 2.45.